The van der Waals surface area contributed by atoms with Crippen LogP contribution in [0.5, 0.6) is 0 Å². The Morgan fingerprint density at radius 1 is 0.457 bits per heavy atom. The molecule has 0 radical (unpaired) electrons. The maximum Gasteiger partial charge on any atom is 0.220 e. The molecular formula is C67H109NO13. The topological polar surface area (TPSA) is 228 Å². The molecule has 14 nitrogen and oxygen atoms in total. The summed E-state index contributed by atoms with van der Waals surface area (Å²) in [7, 11) is 0. The minimum atomic E-state index is -1.79. The number of rotatable bonds is 47. The largest absolute Gasteiger partial charge is 0.394 e. The van der Waals surface area contributed by atoms with Crippen LogP contribution in [0.15, 0.2) is 134 Å². The molecule has 0 aromatic rings. The van der Waals surface area contributed by atoms with Crippen molar-refractivity contribution in [2.45, 2.75) is 261 Å². The van der Waals surface area contributed by atoms with Crippen molar-refractivity contribution in [3.63, 3.8) is 0 Å². The molecular weight excluding hydrogens is 1030 g/mol. The summed E-state index contributed by atoms with van der Waals surface area (Å²) in [5, 5.41) is 86.5. The van der Waals surface area contributed by atoms with Crippen LogP contribution in [0.1, 0.15) is 187 Å². The first-order valence-corrected chi connectivity index (χ1v) is 30.9. The maximum atomic E-state index is 13.1. The predicted octanol–water partition coefficient (Wildman–Crippen LogP) is 11.2. The summed E-state index contributed by atoms with van der Waals surface area (Å²) in [6, 6.07) is -0.922. The summed E-state index contributed by atoms with van der Waals surface area (Å²) in [5.41, 5.74) is 0. The maximum absolute atomic E-state index is 13.1. The van der Waals surface area contributed by atoms with Crippen LogP contribution in [-0.2, 0) is 23.7 Å². The highest BCUT2D eigenvalue weighted by atomic mass is 16.7. The van der Waals surface area contributed by atoms with Crippen LogP contribution in [0.2, 0.25) is 0 Å². The van der Waals surface area contributed by atoms with Crippen molar-refractivity contribution >= 4 is 5.91 Å². The van der Waals surface area contributed by atoms with E-state index in [1.807, 2.05) is 6.08 Å². The minimum absolute atomic E-state index is 0.257. The molecule has 14 heteroatoms. The van der Waals surface area contributed by atoms with Gasteiger partial charge in [-0.25, -0.2) is 0 Å². The molecule has 0 aromatic carbocycles. The van der Waals surface area contributed by atoms with E-state index in [0.717, 1.165) is 122 Å². The molecule has 0 bridgehead atoms. The van der Waals surface area contributed by atoms with Gasteiger partial charge in [0.1, 0.15) is 48.8 Å². The smallest absolute Gasteiger partial charge is 0.220 e. The molecule has 2 saturated heterocycles. The Hall–Kier alpha value is -3.87. The van der Waals surface area contributed by atoms with E-state index in [2.05, 4.69) is 141 Å². The van der Waals surface area contributed by atoms with Gasteiger partial charge in [0.2, 0.25) is 5.91 Å². The van der Waals surface area contributed by atoms with Crippen LogP contribution >= 0.6 is 0 Å². The molecule has 2 fully saturated rings. The third kappa shape index (κ3) is 35.8. The van der Waals surface area contributed by atoms with Crippen LogP contribution in [0.25, 0.3) is 0 Å². The first kappa shape index (κ1) is 73.2. The van der Waals surface area contributed by atoms with Crippen molar-refractivity contribution in [3.05, 3.63) is 134 Å². The highest BCUT2D eigenvalue weighted by Gasteiger charge is 2.51. The Balaban J connectivity index is 1.54. The fourth-order valence-corrected chi connectivity index (χ4v) is 9.14. The molecule has 0 aromatic heterocycles. The molecule has 12 unspecified atom stereocenters. The molecule has 460 valence electrons. The Morgan fingerprint density at radius 2 is 0.852 bits per heavy atom. The molecule has 2 heterocycles. The third-order valence-corrected chi connectivity index (χ3v) is 14.1. The zero-order valence-corrected chi connectivity index (χ0v) is 49.5. The second kappa shape index (κ2) is 50.6. The number of ether oxygens (including phenoxy) is 4. The molecule has 2 aliphatic rings. The molecule has 2 aliphatic heterocycles. The highest BCUT2D eigenvalue weighted by molar-refractivity contribution is 5.76. The van der Waals surface area contributed by atoms with E-state index in [9.17, 15) is 45.6 Å². The lowest BCUT2D eigenvalue weighted by atomic mass is 9.97. The molecule has 0 saturated carbocycles. The van der Waals surface area contributed by atoms with Crippen molar-refractivity contribution in [2.75, 3.05) is 19.8 Å². The summed E-state index contributed by atoms with van der Waals surface area (Å²) in [6.07, 6.45) is 58.5. The first-order chi connectivity index (χ1) is 39.6. The Morgan fingerprint density at radius 3 is 1.31 bits per heavy atom. The molecule has 9 N–H and O–H groups in total. The van der Waals surface area contributed by atoms with Gasteiger partial charge in [0.15, 0.2) is 12.6 Å². The van der Waals surface area contributed by atoms with E-state index in [4.69, 9.17) is 18.9 Å². The van der Waals surface area contributed by atoms with Gasteiger partial charge >= 0.3 is 0 Å². The van der Waals surface area contributed by atoms with Crippen molar-refractivity contribution in [3.8, 4) is 0 Å². The zero-order chi connectivity index (χ0) is 58.8. The highest BCUT2D eigenvalue weighted by Crippen LogP contribution is 2.30. The third-order valence-electron chi connectivity index (χ3n) is 14.1. The van der Waals surface area contributed by atoms with E-state index in [-0.39, 0.29) is 18.9 Å². The number of carbonyl (C=O) groups is 1. The molecule has 0 aliphatic carbocycles. The lowest BCUT2D eigenvalue weighted by Crippen LogP contribution is -2.65. The van der Waals surface area contributed by atoms with Gasteiger partial charge in [0.05, 0.1) is 32.0 Å². The second-order valence-corrected chi connectivity index (χ2v) is 21.1. The van der Waals surface area contributed by atoms with E-state index < -0.39 is 86.8 Å². The molecule has 1 amide bonds. The summed E-state index contributed by atoms with van der Waals surface area (Å²) in [4.78, 5) is 13.1. The van der Waals surface area contributed by atoms with Crippen molar-refractivity contribution in [2.24, 2.45) is 0 Å². The van der Waals surface area contributed by atoms with Gasteiger partial charge < -0.3 is 65.1 Å². The quantitative estimate of drug-likeness (QED) is 0.0204. The summed E-state index contributed by atoms with van der Waals surface area (Å²) in [6.45, 7) is 2.55. The minimum Gasteiger partial charge on any atom is -0.394 e. The van der Waals surface area contributed by atoms with Crippen LogP contribution in [0.4, 0.5) is 0 Å². The number of hydrogen-bond acceptors (Lipinski definition) is 13. The van der Waals surface area contributed by atoms with Crippen LogP contribution in [-0.4, -0.2) is 140 Å². The van der Waals surface area contributed by atoms with E-state index in [1.54, 1.807) is 6.08 Å². The van der Waals surface area contributed by atoms with Crippen molar-refractivity contribution < 1.29 is 64.6 Å². The summed E-state index contributed by atoms with van der Waals surface area (Å²) in [5.74, 6) is -0.257. The zero-order valence-electron chi connectivity index (χ0n) is 49.5. The molecule has 0 spiro atoms. The SMILES string of the molecule is CC/C=C\C/C=C\C/C=C\C/C=C\C/C=C\C/C=C\C/C=C\C/C=C\C/C=C\C/C=C\CCCCCCCCCCCCC(=O)NC(COC1OC(CO)C(OC2OC(CO)C(O)C(O)C2O)C(O)C1O)C(O)/C=C/CCCCCC. The van der Waals surface area contributed by atoms with Gasteiger partial charge in [-0.3, -0.25) is 4.79 Å². The average Bonchev–Trinajstić information content (AvgIpc) is 3.55. The number of carbonyl (C=O) groups excluding carboxylic acids is 1. The van der Waals surface area contributed by atoms with Gasteiger partial charge in [0.25, 0.3) is 0 Å². The fourth-order valence-electron chi connectivity index (χ4n) is 9.14. The fraction of sp³-hybridized carbons (Fsp3) is 0.657. The summed E-state index contributed by atoms with van der Waals surface area (Å²) >= 11 is 0. The number of unbranched alkanes of at least 4 members (excludes halogenated alkanes) is 14. The standard InChI is InChI=1S/C67H109NO13/c1-3-5-7-9-11-12-13-14-15-16-17-18-19-20-21-22-23-24-25-26-27-28-29-30-31-32-33-34-35-36-37-38-39-40-41-42-43-44-45-47-49-51-59(72)68-55(56(71)50-48-46-10-8-6-4-2)54-78-66-64(77)62(75)65(58(53-70)80-66)81-67-63(76)61(74)60(73)57(52-69)79-67/h5,7,11-12,14-15,17-18,20-21,23-24,26-27,29-30,32-33,35-36,48,50,55-58,60-67,69-71,73-77H,3-4,6,8-10,13,16,19,22,25,28,31,34,37-47,49,51-54H2,1-2H3,(H,68,72)/b7-5-,12-11-,15-14-,18-17-,21-20-,24-23-,27-26-,30-29-,33-32-,36-35-,50-48+. The average molecular weight is 1140 g/mol. The second-order valence-electron chi connectivity index (χ2n) is 21.1. The number of allylic oxidation sites excluding steroid dienone is 21. The van der Waals surface area contributed by atoms with Gasteiger partial charge in [-0.05, 0) is 96.3 Å². The Kier molecular flexibility index (Phi) is 45.8. The number of nitrogens with one attached hydrogen (secondary N) is 1. The summed E-state index contributed by atoms with van der Waals surface area (Å²) < 4.78 is 22.6. The lowest BCUT2D eigenvalue weighted by Gasteiger charge is -2.46. The van der Waals surface area contributed by atoms with Gasteiger partial charge in [0, 0.05) is 6.42 Å². The van der Waals surface area contributed by atoms with Gasteiger partial charge in [-0.15, -0.1) is 0 Å². The van der Waals surface area contributed by atoms with E-state index >= 15 is 0 Å². The van der Waals surface area contributed by atoms with Gasteiger partial charge in [-0.2, -0.15) is 0 Å². The Labute approximate surface area is 488 Å². The van der Waals surface area contributed by atoms with Crippen molar-refractivity contribution in [1.29, 1.82) is 0 Å². The van der Waals surface area contributed by atoms with Gasteiger partial charge in [-0.1, -0.05) is 218 Å². The van der Waals surface area contributed by atoms with E-state index in [1.165, 1.54) is 38.5 Å². The molecule has 12 atom stereocenters. The Bertz CT molecular complexity index is 1870. The molecule has 81 heavy (non-hydrogen) atoms. The first-order valence-electron chi connectivity index (χ1n) is 30.9. The predicted molar refractivity (Wildman–Crippen MR) is 327 cm³/mol. The number of amides is 1. The molecule has 2 rings (SSSR count). The number of hydrogen-bond donors (Lipinski definition) is 9. The normalized spacial score (nSPS) is 25.1. The van der Waals surface area contributed by atoms with E-state index in [0.29, 0.717) is 6.42 Å². The number of aliphatic hydroxyl groups excluding tert-OH is 8. The van der Waals surface area contributed by atoms with Crippen LogP contribution in [0, 0.1) is 0 Å². The number of aliphatic hydroxyl groups is 8. The van der Waals surface area contributed by atoms with Crippen LogP contribution in [0.3, 0.4) is 0 Å². The van der Waals surface area contributed by atoms with Crippen LogP contribution < -0.4 is 5.32 Å². The lowest BCUT2D eigenvalue weighted by molar-refractivity contribution is -0.359. The monoisotopic (exact) mass is 1140 g/mol. The van der Waals surface area contributed by atoms with Crippen molar-refractivity contribution in [1.82, 2.24) is 5.32 Å².